The first-order chi connectivity index (χ1) is 18.5. The van der Waals surface area contributed by atoms with Crippen molar-refractivity contribution in [3.8, 4) is 0 Å². The summed E-state index contributed by atoms with van der Waals surface area (Å²) >= 11 is 0. The van der Waals surface area contributed by atoms with E-state index in [1.807, 2.05) is 91.0 Å². The molecule has 1 N–H and O–H groups in total. The van der Waals surface area contributed by atoms with Crippen molar-refractivity contribution in [2.45, 2.75) is 37.4 Å². The van der Waals surface area contributed by atoms with Crippen molar-refractivity contribution in [1.82, 2.24) is 9.55 Å². The van der Waals surface area contributed by atoms with Crippen LogP contribution in [0.5, 0.6) is 0 Å². The fourth-order valence-electron chi connectivity index (χ4n) is 5.03. The van der Waals surface area contributed by atoms with Gasteiger partial charge in [0.2, 0.25) is 0 Å². The van der Waals surface area contributed by atoms with Gasteiger partial charge in [-0.05, 0) is 23.6 Å². The molecule has 0 bridgehead atoms. The van der Waals surface area contributed by atoms with E-state index in [4.69, 9.17) is 19.2 Å². The summed E-state index contributed by atoms with van der Waals surface area (Å²) in [4.78, 5) is 37.2. The third kappa shape index (κ3) is 4.99. The molecule has 2 heterocycles. The number of H-pyrrole nitrogens is 1. The topological polar surface area (TPSA) is 91.8 Å². The minimum Gasteiger partial charge on any atom is -0.355 e. The van der Waals surface area contributed by atoms with E-state index in [9.17, 15) is 9.59 Å². The number of hydrogen-bond donors (Lipinski definition) is 1. The van der Waals surface area contributed by atoms with Gasteiger partial charge in [0.25, 0.3) is 5.56 Å². The number of rotatable bonds is 9. The molecule has 4 aromatic rings. The molecule has 0 unspecified atom stereocenters. The number of aromatic nitrogens is 2. The Bertz CT molecular complexity index is 1360. The molecule has 0 saturated carbocycles. The second-order valence-electron chi connectivity index (χ2n) is 9.23. The molecular formula is C30H30N2O6. The van der Waals surface area contributed by atoms with Gasteiger partial charge in [0.1, 0.15) is 24.5 Å². The normalized spacial score (nSPS) is 19.5. The van der Waals surface area contributed by atoms with E-state index in [2.05, 4.69) is 4.98 Å². The third-order valence-corrected chi connectivity index (χ3v) is 6.86. The Morgan fingerprint density at radius 2 is 1.42 bits per heavy atom. The van der Waals surface area contributed by atoms with E-state index in [0.717, 1.165) is 16.7 Å². The molecular weight excluding hydrogens is 484 g/mol. The standard InChI is InChI=1S/C30H30N2O6/c1-21-19-32(29(34)31-28(21)33)27-18-25(26(37-27)20-36-35-2)38-30(22-12-6-3-7-13-22,23-14-8-4-9-15-23)24-16-10-5-11-17-24/h3-17,19,25-27H,18,20H2,1-2H3,(H,31,33,34)/t25-,26+,27+/m0/s1. The van der Waals surface area contributed by atoms with Crippen LogP contribution in [0.15, 0.2) is 107 Å². The maximum absolute atomic E-state index is 12.7. The van der Waals surface area contributed by atoms with Gasteiger partial charge < -0.3 is 9.47 Å². The molecule has 1 aliphatic heterocycles. The minimum atomic E-state index is -0.982. The number of aromatic amines is 1. The minimum absolute atomic E-state index is 0.0865. The number of nitrogens with one attached hydrogen (secondary N) is 1. The number of hydrogen-bond acceptors (Lipinski definition) is 6. The molecule has 0 spiro atoms. The molecule has 0 amide bonds. The van der Waals surface area contributed by atoms with Crippen molar-refractivity contribution in [2.75, 3.05) is 13.7 Å². The molecule has 0 aliphatic carbocycles. The number of nitrogens with zero attached hydrogens (tertiary/aromatic N) is 1. The Hall–Kier alpha value is -3.82. The summed E-state index contributed by atoms with van der Waals surface area (Å²) in [6.07, 6.45) is 0.122. The first-order valence-corrected chi connectivity index (χ1v) is 12.5. The predicted octanol–water partition coefficient (Wildman–Crippen LogP) is 4.09. The maximum Gasteiger partial charge on any atom is 0.330 e. The summed E-state index contributed by atoms with van der Waals surface area (Å²) in [6.45, 7) is 1.73. The van der Waals surface area contributed by atoms with E-state index in [1.165, 1.54) is 17.9 Å². The highest BCUT2D eigenvalue weighted by atomic mass is 17.2. The highest BCUT2D eigenvalue weighted by molar-refractivity contribution is 5.47. The monoisotopic (exact) mass is 514 g/mol. The molecule has 3 aromatic carbocycles. The van der Waals surface area contributed by atoms with E-state index in [1.54, 1.807) is 6.92 Å². The van der Waals surface area contributed by atoms with Crippen LogP contribution in [0, 0.1) is 6.92 Å². The van der Waals surface area contributed by atoms with Gasteiger partial charge in [0, 0.05) is 18.2 Å². The molecule has 1 saturated heterocycles. The summed E-state index contributed by atoms with van der Waals surface area (Å²) in [5.74, 6) is 0. The quantitative estimate of drug-likeness (QED) is 0.206. The lowest BCUT2D eigenvalue weighted by Crippen LogP contribution is -2.41. The van der Waals surface area contributed by atoms with Crippen molar-refractivity contribution in [2.24, 2.45) is 0 Å². The Morgan fingerprint density at radius 3 is 1.92 bits per heavy atom. The van der Waals surface area contributed by atoms with E-state index in [-0.39, 0.29) is 6.61 Å². The lowest BCUT2D eigenvalue weighted by atomic mass is 9.79. The molecule has 8 nitrogen and oxygen atoms in total. The Kier molecular flexibility index (Phi) is 7.67. The van der Waals surface area contributed by atoms with E-state index < -0.39 is 35.3 Å². The van der Waals surface area contributed by atoms with Crippen LogP contribution in [0.25, 0.3) is 0 Å². The number of benzene rings is 3. The van der Waals surface area contributed by atoms with Gasteiger partial charge in [-0.3, -0.25) is 14.3 Å². The van der Waals surface area contributed by atoms with Crippen LogP contribution >= 0.6 is 0 Å². The van der Waals surface area contributed by atoms with Crippen LogP contribution in [0.4, 0.5) is 0 Å². The molecule has 0 radical (unpaired) electrons. The molecule has 1 aliphatic rings. The SMILES string of the molecule is COOC[C@H]1O[C@@H](n2cc(C)c(=O)[nH]c2=O)C[C@@H]1OC(c1ccccc1)(c1ccccc1)c1ccccc1. The highest BCUT2D eigenvalue weighted by Crippen LogP contribution is 2.44. The first kappa shape index (κ1) is 25.8. The molecule has 5 rings (SSSR count). The van der Waals surface area contributed by atoms with Crippen molar-refractivity contribution in [1.29, 1.82) is 0 Å². The molecule has 1 fully saturated rings. The van der Waals surface area contributed by atoms with Crippen LogP contribution in [0.1, 0.15) is 34.9 Å². The van der Waals surface area contributed by atoms with Gasteiger partial charge in [0.05, 0.1) is 13.2 Å². The first-order valence-electron chi connectivity index (χ1n) is 12.5. The summed E-state index contributed by atoms with van der Waals surface area (Å²) in [5, 5.41) is 0. The van der Waals surface area contributed by atoms with Crippen molar-refractivity contribution >= 4 is 0 Å². The lowest BCUT2D eigenvalue weighted by molar-refractivity contribution is -0.292. The lowest BCUT2D eigenvalue weighted by Gasteiger charge is -2.39. The average molecular weight is 515 g/mol. The van der Waals surface area contributed by atoms with Crippen LogP contribution in [0.3, 0.4) is 0 Å². The van der Waals surface area contributed by atoms with Gasteiger partial charge in [-0.2, -0.15) is 0 Å². The predicted molar refractivity (Wildman–Crippen MR) is 142 cm³/mol. The Balaban J connectivity index is 1.63. The smallest absolute Gasteiger partial charge is 0.330 e. The summed E-state index contributed by atoms with van der Waals surface area (Å²) in [7, 11) is 1.43. The summed E-state index contributed by atoms with van der Waals surface area (Å²) < 4.78 is 14.9. The van der Waals surface area contributed by atoms with Gasteiger partial charge >= 0.3 is 5.69 Å². The number of aryl methyl sites for hydroxylation is 1. The second-order valence-corrected chi connectivity index (χ2v) is 9.23. The molecule has 1 aromatic heterocycles. The molecule has 8 heteroatoms. The summed E-state index contributed by atoms with van der Waals surface area (Å²) in [5.41, 5.74) is 1.31. The zero-order chi connectivity index (χ0) is 26.5. The molecule has 38 heavy (non-hydrogen) atoms. The van der Waals surface area contributed by atoms with Crippen molar-refractivity contribution < 1.29 is 19.2 Å². The second kappa shape index (κ2) is 11.3. The van der Waals surface area contributed by atoms with Crippen LogP contribution in [-0.2, 0) is 24.8 Å². The van der Waals surface area contributed by atoms with Gasteiger partial charge in [-0.25, -0.2) is 14.6 Å². The molecule has 196 valence electrons. The molecule has 3 atom stereocenters. The fraction of sp³-hybridized carbons (Fsp3) is 0.267. The van der Waals surface area contributed by atoms with Crippen LogP contribution in [-0.4, -0.2) is 35.5 Å². The maximum atomic E-state index is 12.7. The van der Waals surface area contributed by atoms with Crippen LogP contribution < -0.4 is 11.2 Å². The van der Waals surface area contributed by atoms with Crippen LogP contribution in [0.2, 0.25) is 0 Å². The third-order valence-electron chi connectivity index (χ3n) is 6.86. The van der Waals surface area contributed by atoms with E-state index in [0.29, 0.717) is 12.0 Å². The zero-order valence-electron chi connectivity index (χ0n) is 21.3. The van der Waals surface area contributed by atoms with Gasteiger partial charge in [0.15, 0.2) is 0 Å². The Morgan fingerprint density at radius 1 is 0.895 bits per heavy atom. The fourth-order valence-corrected chi connectivity index (χ4v) is 5.03. The zero-order valence-corrected chi connectivity index (χ0v) is 21.3. The average Bonchev–Trinajstić information content (AvgIpc) is 3.36. The number of ether oxygens (including phenoxy) is 2. The Labute approximate surface area is 220 Å². The van der Waals surface area contributed by atoms with Gasteiger partial charge in [-0.15, -0.1) is 0 Å². The van der Waals surface area contributed by atoms with Gasteiger partial charge in [-0.1, -0.05) is 91.0 Å². The highest BCUT2D eigenvalue weighted by Gasteiger charge is 2.46. The van der Waals surface area contributed by atoms with Crippen molar-refractivity contribution in [3.05, 3.63) is 140 Å². The largest absolute Gasteiger partial charge is 0.355 e. The van der Waals surface area contributed by atoms with E-state index >= 15 is 0 Å². The van der Waals surface area contributed by atoms with Crippen molar-refractivity contribution in [3.63, 3.8) is 0 Å². The summed E-state index contributed by atoms with van der Waals surface area (Å²) in [6, 6.07) is 30.1.